The maximum absolute atomic E-state index is 12.6. The molecule has 1 aliphatic carbocycles. The van der Waals surface area contributed by atoms with E-state index in [1.54, 1.807) is 0 Å². The first-order chi connectivity index (χ1) is 12.2. The molecule has 1 heterocycles. The van der Waals surface area contributed by atoms with Crippen molar-refractivity contribution < 1.29 is 4.79 Å². The van der Waals surface area contributed by atoms with Crippen LogP contribution in [0.25, 0.3) is 11.3 Å². The minimum absolute atomic E-state index is 0.207. The van der Waals surface area contributed by atoms with Crippen LogP contribution in [-0.2, 0) is 19.4 Å². The molecule has 0 bridgehead atoms. The van der Waals surface area contributed by atoms with Crippen LogP contribution >= 0.6 is 0 Å². The van der Waals surface area contributed by atoms with Gasteiger partial charge in [-0.2, -0.15) is 5.10 Å². The fourth-order valence-corrected chi connectivity index (χ4v) is 3.49. The number of fused-ring (bicyclic) bond motifs is 1. The Morgan fingerprint density at radius 2 is 1.76 bits per heavy atom. The molecule has 0 saturated heterocycles. The highest BCUT2D eigenvalue weighted by molar-refractivity contribution is 6.03. The summed E-state index contributed by atoms with van der Waals surface area (Å²) in [6.45, 7) is 0.786. The van der Waals surface area contributed by atoms with E-state index in [0.717, 1.165) is 48.3 Å². The zero-order valence-electron chi connectivity index (χ0n) is 14.1. The van der Waals surface area contributed by atoms with Crippen LogP contribution in [0.4, 0.5) is 5.69 Å². The molecular weight excluding hydrogens is 310 g/mol. The van der Waals surface area contributed by atoms with E-state index in [1.807, 2.05) is 35.0 Å². The van der Waals surface area contributed by atoms with Gasteiger partial charge in [-0.05, 0) is 37.0 Å². The van der Waals surface area contributed by atoms with E-state index in [4.69, 9.17) is 10.8 Å². The summed E-state index contributed by atoms with van der Waals surface area (Å²) in [6.07, 6.45) is 3.34. The van der Waals surface area contributed by atoms with Crippen LogP contribution in [-0.4, -0.2) is 15.6 Å². The van der Waals surface area contributed by atoms with Crippen molar-refractivity contribution in [1.82, 2.24) is 9.78 Å². The summed E-state index contributed by atoms with van der Waals surface area (Å²) in [6, 6.07) is 18.0. The minimum atomic E-state index is 0.207. The fraction of sp³-hybridized carbons (Fsp3) is 0.238. The van der Waals surface area contributed by atoms with Gasteiger partial charge in [0.25, 0.3) is 0 Å². The van der Waals surface area contributed by atoms with Crippen molar-refractivity contribution >= 4 is 11.5 Å². The minimum Gasteiger partial charge on any atom is -0.399 e. The van der Waals surface area contributed by atoms with Gasteiger partial charge >= 0.3 is 0 Å². The molecule has 0 unspecified atom stereocenters. The summed E-state index contributed by atoms with van der Waals surface area (Å²) in [4.78, 5) is 12.6. The number of nitrogens with zero attached hydrogens (tertiary/aromatic N) is 2. The van der Waals surface area contributed by atoms with E-state index in [2.05, 4.69) is 24.3 Å². The third-order valence-electron chi connectivity index (χ3n) is 4.79. The molecule has 1 aromatic heterocycles. The lowest BCUT2D eigenvalue weighted by atomic mass is 9.92. The number of anilines is 1. The van der Waals surface area contributed by atoms with Crippen LogP contribution in [0.3, 0.4) is 0 Å². The number of hydrogen-bond donors (Lipinski definition) is 1. The lowest BCUT2D eigenvalue weighted by Gasteiger charge is -2.13. The highest BCUT2D eigenvalue weighted by Crippen LogP contribution is 2.31. The molecule has 4 heteroatoms. The lowest BCUT2D eigenvalue weighted by Crippen LogP contribution is -2.14. The number of nitrogen functional groups attached to an aromatic ring is 1. The molecule has 0 atom stereocenters. The molecule has 0 saturated carbocycles. The Hall–Kier alpha value is -2.88. The topological polar surface area (TPSA) is 60.9 Å². The average molecular weight is 331 g/mol. The van der Waals surface area contributed by atoms with Gasteiger partial charge in [0.1, 0.15) is 5.69 Å². The predicted octanol–water partition coefficient (Wildman–Crippen LogP) is 3.89. The van der Waals surface area contributed by atoms with Gasteiger partial charge in [0.2, 0.25) is 0 Å². The molecule has 2 N–H and O–H groups in total. The van der Waals surface area contributed by atoms with Crippen molar-refractivity contribution in [3.63, 3.8) is 0 Å². The summed E-state index contributed by atoms with van der Waals surface area (Å²) < 4.78 is 2.03. The quantitative estimate of drug-likeness (QED) is 0.738. The van der Waals surface area contributed by atoms with Crippen molar-refractivity contribution in [3.8, 4) is 11.3 Å². The van der Waals surface area contributed by atoms with E-state index >= 15 is 0 Å². The first-order valence-corrected chi connectivity index (χ1v) is 8.75. The highest BCUT2D eigenvalue weighted by atomic mass is 16.1. The Kier molecular flexibility index (Phi) is 4.10. The maximum atomic E-state index is 12.6. The monoisotopic (exact) mass is 331 g/mol. The second-order valence-corrected chi connectivity index (χ2v) is 6.53. The van der Waals surface area contributed by atoms with Crippen LogP contribution in [0, 0.1) is 0 Å². The molecule has 0 amide bonds. The summed E-state index contributed by atoms with van der Waals surface area (Å²) in [5, 5.41) is 4.81. The Morgan fingerprint density at radius 1 is 1.00 bits per heavy atom. The zero-order chi connectivity index (χ0) is 17.2. The molecule has 25 heavy (non-hydrogen) atoms. The third kappa shape index (κ3) is 3.07. The Balaban J connectivity index is 1.71. The Labute approximate surface area is 147 Å². The van der Waals surface area contributed by atoms with E-state index < -0.39 is 0 Å². The normalized spacial score (nSPS) is 13.7. The average Bonchev–Trinajstić information content (AvgIpc) is 3.02. The number of carbonyl (C=O) groups is 1. The first kappa shape index (κ1) is 15.6. The van der Waals surface area contributed by atoms with Crippen molar-refractivity contribution in [2.75, 3.05) is 5.73 Å². The number of aryl methyl sites for hydroxylation is 2. The molecule has 1 aliphatic rings. The van der Waals surface area contributed by atoms with E-state index in [9.17, 15) is 4.79 Å². The number of rotatable bonds is 4. The van der Waals surface area contributed by atoms with Gasteiger partial charge in [0.15, 0.2) is 5.78 Å². The number of benzene rings is 2. The molecule has 4 rings (SSSR count). The van der Waals surface area contributed by atoms with Crippen LogP contribution < -0.4 is 5.73 Å². The zero-order valence-corrected chi connectivity index (χ0v) is 14.1. The van der Waals surface area contributed by atoms with E-state index in [1.165, 1.54) is 5.56 Å². The van der Waals surface area contributed by atoms with Crippen molar-refractivity contribution in [2.24, 2.45) is 0 Å². The van der Waals surface area contributed by atoms with Gasteiger partial charge in [0.05, 0.1) is 5.56 Å². The molecule has 3 aromatic rings. The molecule has 0 fully saturated rings. The number of aromatic nitrogens is 2. The first-order valence-electron chi connectivity index (χ1n) is 8.75. The van der Waals surface area contributed by atoms with Crippen molar-refractivity contribution in [3.05, 3.63) is 71.4 Å². The third-order valence-corrected chi connectivity index (χ3v) is 4.79. The number of hydrogen-bond acceptors (Lipinski definition) is 3. The lowest BCUT2D eigenvalue weighted by molar-refractivity contribution is 0.0972. The molecule has 0 spiro atoms. The smallest absolute Gasteiger partial charge is 0.166 e. The number of carbonyl (C=O) groups excluding carboxylic acids is 1. The second-order valence-electron chi connectivity index (χ2n) is 6.53. The fourth-order valence-electron chi connectivity index (χ4n) is 3.49. The van der Waals surface area contributed by atoms with Crippen LogP contribution in [0.5, 0.6) is 0 Å². The maximum Gasteiger partial charge on any atom is 0.166 e. The van der Waals surface area contributed by atoms with Gasteiger partial charge in [-0.3, -0.25) is 9.48 Å². The number of nitrogens with two attached hydrogens (primary N) is 1. The van der Waals surface area contributed by atoms with E-state index in [-0.39, 0.29) is 5.78 Å². The van der Waals surface area contributed by atoms with Crippen molar-refractivity contribution in [2.45, 2.75) is 32.2 Å². The summed E-state index contributed by atoms with van der Waals surface area (Å²) >= 11 is 0. The summed E-state index contributed by atoms with van der Waals surface area (Å²) in [5.41, 5.74) is 11.4. The van der Waals surface area contributed by atoms with Gasteiger partial charge in [-0.15, -0.1) is 0 Å². The second kappa shape index (κ2) is 6.55. The molecule has 2 aromatic carbocycles. The molecule has 0 aliphatic heterocycles. The largest absolute Gasteiger partial charge is 0.399 e. The van der Waals surface area contributed by atoms with Gasteiger partial charge in [-0.1, -0.05) is 42.5 Å². The standard InChI is InChI=1S/C21H21N3O/c22-17-11-9-16(10-12-17)21-20-18(7-4-8-19(20)25)24(23-21)14-13-15-5-2-1-3-6-15/h1-3,5-6,9-12H,4,7-8,13-14,22H2. The number of ketones is 1. The molecule has 4 nitrogen and oxygen atoms in total. The van der Waals surface area contributed by atoms with Gasteiger partial charge in [-0.25, -0.2) is 0 Å². The summed E-state index contributed by atoms with van der Waals surface area (Å²) in [5.74, 6) is 0.207. The highest BCUT2D eigenvalue weighted by Gasteiger charge is 2.27. The molecular formula is C21H21N3O. The number of Topliss-reactive ketones (excluding diaryl/α,β-unsaturated/α-hetero) is 1. The molecule has 126 valence electrons. The Morgan fingerprint density at radius 3 is 2.52 bits per heavy atom. The van der Waals surface area contributed by atoms with Crippen LogP contribution in [0.2, 0.25) is 0 Å². The predicted molar refractivity (Wildman–Crippen MR) is 99.5 cm³/mol. The SMILES string of the molecule is Nc1ccc(-c2nn(CCc3ccccc3)c3c2C(=O)CCC3)cc1. The van der Waals surface area contributed by atoms with Crippen molar-refractivity contribution in [1.29, 1.82) is 0 Å². The van der Waals surface area contributed by atoms with Gasteiger partial charge in [0, 0.05) is 29.9 Å². The van der Waals surface area contributed by atoms with Gasteiger partial charge < -0.3 is 5.73 Å². The van der Waals surface area contributed by atoms with E-state index in [0.29, 0.717) is 12.1 Å². The van der Waals surface area contributed by atoms with Crippen LogP contribution in [0.1, 0.15) is 34.5 Å². The van der Waals surface area contributed by atoms with Crippen LogP contribution in [0.15, 0.2) is 54.6 Å². The Bertz CT molecular complexity index is 895. The molecule has 0 radical (unpaired) electrons. The summed E-state index contributed by atoms with van der Waals surface area (Å²) in [7, 11) is 0.